The maximum atomic E-state index is 12.5. The van der Waals surface area contributed by atoms with Gasteiger partial charge in [-0.1, -0.05) is 41.6 Å². The van der Waals surface area contributed by atoms with Crippen molar-refractivity contribution in [1.82, 2.24) is 10.1 Å². The van der Waals surface area contributed by atoms with Crippen LogP contribution in [-0.2, 0) is 11.3 Å². The standard InChI is InChI=1S/C21H15N3O4S/c25-20(14-7-2-1-3-8-14)22-16-10-5-4-9-15(16)21(26)27-13-18-23-19(24-28-18)17-11-6-12-29-17/h1-12H,13H2,(H,22,25). The van der Waals surface area contributed by atoms with E-state index in [4.69, 9.17) is 9.26 Å². The third-order valence-corrected chi connectivity index (χ3v) is 4.83. The van der Waals surface area contributed by atoms with Gasteiger partial charge >= 0.3 is 5.97 Å². The van der Waals surface area contributed by atoms with Crippen molar-refractivity contribution in [3.63, 3.8) is 0 Å². The van der Waals surface area contributed by atoms with E-state index in [-0.39, 0.29) is 24.0 Å². The SMILES string of the molecule is O=C(Nc1ccccc1C(=O)OCc1nc(-c2cccs2)no1)c1ccccc1. The highest BCUT2D eigenvalue weighted by Crippen LogP contribution is 2.22. The number of ether oxygens (including phenoxy) is 1. The number of esters is 1. The average molecular weight is 405 g/mol. The molecule has 144 valence electrons. The fourth-order valence-electron chi connectivity index (χ4n) is 2.58. The van der Waals surface area contributed by atoms with Crippen LogP contribution in [0.4, 0.5) is 5.69 Å². The summed E-state index contributed by atoms with van der Waals surface area (Å²) in [5.74, 6) is -0.290. The Hall–Kier alpha value is -3.78. The van der Waals surface area contributed by atoms with E-state index >= 15 is 0 Å². The normalized spacial score (nSPS) is 10.5. The third kappa shape index (κ3) is 4.39. The summed E-state index contributed by atoms with van der Waals surface area (Å²) in [6, 6.07) is 19.1. The maximum Gasteiger partial charge on any atom is 0.340 e. The van der Waals surface area contributed by atoms with Gasteiger partial charge in [0.15, 0.2) is 6.61 Å². The fourth-order valence-corrected chi connectivity index (χ4v) is 3.23. The van der Waals surface area contributed by atoms with E-state index in [2.05, 4.69) is 15.5 Å². The van der Waals surface area contributed by atoms with E-state index < -0.39 is 5.97 Å². The molecule has 1 N–H and O–H groups in total. The lowest BCUT2D eigenvalue weighted by Gasteiger charge is -2.10. The van der Waals surface area contributed by atoms with Crippen molar-refractivity contribution in [3.8, 4) is 10.7 Å². The second kappa shape index (κ2) is 8.49. The summed E-state index contributed by atoms with van der Waals surface area (Å²) in [6.45, 7) is -0.168. The molecule has 0 saturated carbocycles. The van der Waals surface area contributed by atoms with Gasteiger partial charge in [0, 0.05) is 5.56 Å². The summed E-state index contributed by atoms with van der Waals surface area (Å²) in [7, 11) is 0. The number of nitrogens with zero attached hydrogens (tertiary/aromatic N) is 2. The first-order chi connectivity index (χ1) is 14.2. The van der Waals surface area contributed by atoms with E-state index in [9.17, 15) is 9.59 Å². The number of aromatic nitrogens is 2. The second-order valence-electron chi connectivity index (χ2n) is 5.93. The monoisotopic (exact) mass is 405 g/mol. The number of para-hydroxylation sites is 1. The Kier molecular flexibility index (Phi) is 5.44. The van der Waals surface area contributed by atoms with Gasteiger partial charge in [0.2, 0.25) is 5.82 Å². The number of rotatable bonds is 6. The molecule has 2 heterocycles. The molecular formula is C21H15N3O4S. The van der Waals surface area contributed by atoms with Crippen LogP contribution in [0.3, 0.4) is 0 Å². The summed E-state index contributed by atoms with van der Waals surface area (Å²) < 4.78 is 10.4. The van der Waals surface area contributed by atoms with Crippen LogP contribution >= 0.6 is 11.3 Å². The molecule has 0 saturated heterocycles. The first-order valence-electron chi connectivity index (χ1n) is 8.70. The molecule has 7 nitrogen and oxygen atoms in total. The average Bonchev–Trinajstić information content (AvgIpc) is 3.45. The van der Waals surface area contributed by atoms with Gasteiger partial charge in [0.05, 0.1) is 16.1 Å². The molecule has 2 aromatic carbocycles. The lowest BCUT2D eigenvalue weighted by molar-refractivity contribution is 0.0431. The summed E-state index contributed by atoms with van der Waals surface area (Å²) in [6.07, 6.45) is 0. The summed E-state index contributed by atoms with van der Waals surface area (Å²) >= 11 is 1.48. The van der Waals surface area contributed by atoms with Crippen molar-refractivity contribution in [1.29, 1.82) is 0 Å². The molecule has 0 aliphatic heterocycles. The lowest BCUT2D eigenvalue weighted by atomic mass is 10.1. The predicted molar refractivity (Wildman–Crippen MR) is 108 cm³/mol. The zero-order valence-corrected chi connectivity index (χ0v) is 15.9. The Morgan fingerprint density at radius 3 is 2.59 bits per heavy atom. The van der Waals surface area contributed by atoms with E-state index in [1.54, 1.807) is 48.5 Å². The molecular weight excluding hydrogens is 390 g/mol. The molecule has 0 atom stereocenters. The van der Waals surface area contributed by atoms with Gasteiger partial charge in [-0.15, -0.1) is 11.3 Å². The number of hydrogen-bond acceptors (Lipinski definition) is 7. The van der Waals surface area contributed by atoms with Crippen LogP contribution in [0.1, 0.15) is 26.6 Å². The first kappa shape index (κ1) is 18.6. The Morgan fingerprint density at radius 2 is 1.79 bits per heavy atom. The number of benzene rings is 2. The number of thiophene rings is 1. The van der Waals surface area contributed by atoms with Crippen molar-refractivity contribution in [2.75, 3.05) is 5.32 Å². The quantitative estimate of drug-likeness (QED) is 0.478. The van der Waals surface area contributed by atoms with E-state index in [0.717, 1.165) is 4.88 Å². The van der Waals surface area contributed by atoms with Crippen molar-refractivity contribution < 1.29 is 18.8 Å². The number of carbonyl (C=O) groups is 2. The molecule has 4 aromatic rings. The van der Waals surface area contributed by atoms with E-state index in [1.807, 2.05) is 23.6 Å². The lowest BCUT2D eigenvalue weighted by Crippen LogP contribution is -2.15. The van der Waals surface area contributed by atoms with Crippen LogP contribution in [-0.4, -0.2) is 22.0 Å². The molecule has 2 aromatic heterocycles. The van der Waals surface area contributed by atoms with Gasteiger partial charge in [0.1, 0.15) is 0 Å². The van der Waals surface area contributed by atoms with Crippen molar-refractivity contribution >= 4 is 28.9 Å². The zero-order chi connectivity index (χ0) is 20.1. The molecule has 0 spiro atoms. The minimum Gasteiger partial charge on any atom is -0.452 e. The molecule has 0 bridgehead atoms. The zero-order valence-electron chi connectivity index (χ0n) is 15.1. The third-order valence-electron chi connectivity index (χ3n) is 3.97. The minimum atomic E-state index is -0.607. The van der Waals surface area contributed by atoms with Gasteiger partial charge in [0.25, 0.3) is 11.8 Å². The molecule has 0 unspecified atom stereocenters. The molecule has 0 radical (unpaired) electrons. The van der Waals surface area contributed by atoms with Crippen LogP contribution in [0, 0.1) is 0 Å². The van der Waals surface area contributed by atoms with Gasteiger partial charge in [-0.05, 0) is 35.7 Å². The van der Waals surface area contributed by atoms with Crippen molar-refractivity contribution in [2.24, 2.45) is 0 Å². The van der Waals surface area contributed by atoms with Crippen LogP contribution < -0.4 is 5.32 Å². The number of anilines is 1. The number of amides is 1. The molecule has 29 heavy (non-hydrogen) atoms. The molecule has 4 rings (SSSR count). The van der Waals surface area contributed by atoms with Gasteiger partial charge in [-0.3, -0.25) is 4.79 Å². The Labute approximate surface area is 170 Å². The van der Waals surface area contributed by atoms with Gasteiger partial charge < -0.3 is 14.6 Å². The Morgan fingerprint density at radius 1 is 1.00 bits per heavy atom. The highest BCUT2D eigenvalue weighted by Gasteiger charge is 2.17. The molecule has 0 aliphatic rings. The smallest absolute Gasteiger partial charge is 0.340 e. The largest absolute Gasteiger partial charge is 0.452 e. The van der Waals surface area contributed by atoms with Crippen LogP contribution in [0.25, 0.3) is 10.7 Å². The number of nitrogens with one attached hydrogen (secondary N) is 1. The number of hydrogen-bond donors (Lipinski definition) is 1. The minimum absolute atomic E-state index is 0.168. The number of carbonyl (C=O) groups excluding carboxylic acids is 2. The second-order valence-corrected chi connectivity index (χ2v) is 6.88. The summed E-state index contributed by atoms with van der Waals surface area (Å²) in [4.78, 5) is 30.0. The van der Waals surface area contributed by atoms with Crippen molar-refractivity contribution in [3.05, 3.63) is 89.1 Å². The maximum absolute atomic E-state index is 12.5. The molecule has 0 fully saturated rings. The Balaban J connectivity index is 1.43. The molecule has 0 aliphatic carbocycles. The highest BCUT2D eigenvalue weighted by atomic mass is 32.1. The van der Waals surface area contributed by atoms with Crippen LogP contribution in [0.5, 0.6) is 0 Å². The predicted octanol–water partition coefficient (Wildman–Crippen LogP) is 4.41. The van der Waals surface area contributed by atoms with E-state index in [1.165, 1.54) is 11.3 Å². The van der Waals surface area contributed by atoms with E-state index in [0.29, 0.717) is 17.1 Å². The van der Waals surface area contributed by atoms with Gasteiger partial charge in [-0.25, -0.2) is 4.79 Å². The first-order valence-corrected chi connectivity index (χ1v) is 9.57. The Bertz CT molecular complexity index is 1120. The van der Waals surface area contributed by atoms with Gasteiger partial charge in [-0.2, -0.15) is 4.98 Å². The topological polar surface area (TPSA) is 94.3 Å². The van der Waals surface area contributed by atoms with Crippen molar-refractivity contribution in [2.45, 2.75) is 6.61 Å². The summed E-state index contributed by atoms with van der Waals surface area (Å²) in [5, 5.41) is 8.52. The molecule has 8 heteroatoms. The van der Waals surface area contributed by atoms with Crippen LogP contribution in [0.15, 0.2) is 76.6 Å². The highest BCUT2D eigenvalue weighted by molar-refractivity contribution is 7.13. The fraction of sp³-hybridized carbons (Fsp3) is 0.0476. The molecule has 1 amide bonds. The summed E-state index contributed by atoms with van der Waals surface area (Å²) in [5.41, 5.74) is 1.08. The van der Waals surface area contributed by atoms with Crippen LogP contribution in [0.2, 0.25) is 0 Å².